The van der Waals surface area contributed by atoms with E-state index in [9.17, 15) is 4.79 Å². The molecule has 30 heavy (non-hydrogen) atoms. The van der Waals surface area contributed by atoms with Gasteiger partial charge in [0.05, 0.1) is 39.4 Å². The zero-order valence-electron chi connectivity index (χ0n) is 16.8. The number of nitrogens with zero attached hydrogens (tertiary/aromatic N) is 4. The Kier molecular flexibility index (Phi) is 4.69. The van der Waals surface area contributed by atoms with Crippen molar-refractivity contribution in [3.63, 3.8) is 0 Å². The Morgan fingerprint density at radius 3 is 2.70 bits per heavy atom. The Balaban J connectivity index is 1.26. The number of amides is 2. The Morgan fingerprint density at radius 1 is 1.20 bits per heavy atom. The van der Waals surface area contributed by atoms with Gasteiger partial charge in [-0.15, -0.1) is 11.3 Å². The summed E-state index contributed by atoms with van der Waals surface area (Å²) in [6.45, 7) is 4.81. The quantitative estimate of drug-likeness (QED) is 0.690. The van der Waals surface area contributed by atoms with Crippen molar-refractivity contribution in [3.05, 3.63) is 59.1 Å². The number of aromatic nitrogens is 1. The molecule has 1 N–H and O–H groups in total. The number of nitriles is 1. The molecule has 5 rings (SSSR count). The second kappa shape index (κ2) is 7.38. The summed E-state index contributed by atoms with van der Waals surface area (Å²) < 4.78 is 1.22. The normalized spacial score (nSPS) is 19.7. The molecule has 1 aromatic heterocycles. The number of urea groups is 1. The number of fused-ring (bicyclic) bond motifs is 1. The number of carbonyl (C=O) groups excluding carboxylic acids is 1. The molecule has 2 aliphatic heterocycles. The van der Waals surface area contributed by atoms with E-state index in [0.717, 1.165) is 37.1 Å². The minimum Gasteiger partial charge on any atom is -0.330 e. The Bertz CT molecular complexity index is 1120. The standard InChI is InChI=1S/C23H23N5OS/c1-16(18-4-7-21-20(12-18)25-15-30-21)27-10-8-23(9-11-27)14-28(22(29)26-23)19-5-2-17(13-24)3-6-19/h2-7,12,15-16H,8-11,14H2,1H3,(H,26,29)/t16-/m0/s1. The van der Waals surface area contributed by atoms with Crippen LogP contribution in [-0.2, 0) is 0 Å². The average Bonchev–Trinajstić information content (AvgIpc) is 3.37. The van der Waals surface area contributed by atoms with E-state index < -0.39 is 0 Å². The first-order valence-electron chi connectivity index (χ1n) is 10.2. The largest absolute Gasteiger partial charge is 0.330 e. The summed E-state index contributed by atoms with van der Waals surface area (Å²) in [6.07, 6.45) is 1.85. The van der Waals surface area contributed by atoms with Gasteiger partial charge < -0.3 is 5.32 Å². The molecule has 1 spiro atoms. The van der Waals surface area contributed by atoms with Crippen molar-refractivity contribution in [2.45, 2.75) is 31.3 Å². The maximum atomic E-state index is 12.7. The molecule has 2 aliphatic rings. The highest BCUT2D eigenvalue weighted by Gasteiger charge is 2.45. The Hall–Kier alpha value is -2.95. The summed E-state index contributed by atoms with van der Waals surface area (Å²) in [5.41, 5.74) is 5.52. The number of carbonyl (C=O) groups is 1. The fourth-order valence-corrected chi connectivity index (χ4v) is 5.26. The lowest BCUT2D eigenvalue weighted by Gasteiger charge is -2.41. The molecule has 6 nitrogen and oxygen atoms in total. The van der Waals surface area contributed by atoms with Gasteiger partial charge in [-0.05, 0) is 61.7 Å². The SMILES string of the molecule is C[C@@H](c1ccc2scnc2c1)N1CCC2(CC1)CN(c1ccc(C#N)cc1)C(=O)N2. The minimum atomic E-state index is -0.180. The van der Waals surface area contributed by atoms with Gasteiger partial charge in [-0.2, -0.15) is 5.26 Å². The molecule has 1 atom stereocenters. The van der Waals surface area contributed by atoms with Crippen LogP contribution in [0.3, 0.4) is 0 Å². The van der Waals surface area contributed by atoms with Crippen LogP contribution in [0.25, 0.3) is 10.2 Å². The number of thiazole rings is 1. The number of likely N-dealkylation sites (tertiary alicyclic amines) is 1. The number of rotatable bonds is 3. The third-order valence-electron chi connectivity index (χ3n) is 6.53. The van der Waals surface area contributed by atoms with Gasteiger partial charge in [0.2, 0.25) is 0 Å². The summed E-state index contributed by atoms with van der Waals surface area (Å²) in [5, 5.41) is 12.2. The van der Waals surface area contributed by atoms with Crippen LogP contribution in [-0.4, -0.2) is 41.1 Å². The second-order valence-corrected chi connectivity index (χ2v) is 9.13. The lowest BCUT2D eigenvalue weighted by atomic mass is 9.87. The van der Waals surface area contributed by atoms with Gasteiger partial charge in [0.1, 0.15) is 0 Å². The predicted octanol–water partition coefficient (Wildman–Crippen LogP) is 4.29. The summed E-state index contributed by atoms with van der Waals surface area (Å²) in [4.78, 5) is 21.4. The zero-order chi connectivity index (χ0) is 20.7. The van der Waals surface area contributed by atoms with Crippen molar-refractivity contribution in [2.24, 2.45) is 0 Å². The number of hydrogen-bond donors (Lipinski definition) is 1. The first-order valence-corrected chi connectivity index (χ1v) is 11.1. The second-order valence-electron chi connectivity index (χ2n) is 8.25. The van der Waals surface area contributed by atoms with Crippen molar-refractivity contribution < 1.29 is 4.79 Å². The van der Waals surface area contributed by atoms with Crippen molar-refractivity contribution in [3.8, 4) is 6.07 Å². The van der Waals surface area contributed by atoms with Gasteiger partial charge in [-0.3, -0.25) is 9.80 Å². The summed E-state index contributed by atoms with van der Waals surface area (Å²) in [5.74, 6) is 0. The van der Waals surface area contributed by atoms with Crippen molar-refractivity contribution in [2.75, 3.05) is 24.5 Å². The van der Waals surface area contributed by atoms with Gasteiger partial charge in [0.15, 0.2) is 0 Å². The molecule has 152 valence electrons. The molecular weight excluding hydrogens is 394 g/mol. The van der Waals surface area contributed by atoms with E-state index >= 15 is 0 Å². The highest BCUT2D eigenvalue weighted by molar-refractivity contribution is 7.16. The van der Waals surface area contributed by atoms with Crippen LogP contribution in [0.4, 0.5) is 10.5 Å². The molecule has 2 aromatic carbocycles. The molecule has 0 bridgehead atoms. The molecule has 2 fully saturated rings. The smallest absolute Gasteiger partial charge is 0.322 e. The first kappa shape index (κ1) is 19.0. The summed E-state index contributed by atoms with van der Waals surface area (Å²) in [7, 11) is 0. The maximum Gasteiger partial charge on any atom is 0.322 e. The van der Waals surface area contributed by atoms with E-state index in [1.54, 1.807) is 28.4 Å². The van der Waals surface area contributed by atoms with Gasteiger partial charge >= 0.3 is 6.03 Å². The predicted molar refractivity (Wildman–Crippen MR) is 119 cm³/mol. The lowest BCUT2D eigenvalue weighted by molar-refractivity contribution is 0.121. The van der Waals surface area contributed by atoms with E-state index in [2.05, 4.69) is 46.4 Å². The van der Waals surface area contributed by atoms with E-state index in [-0.39, 0.29) is 11.6 Å². The summed E-state index contributed by atoms with van der Waals surface area (Å²) >= 11 is 1.67. The number of benzene rings is 2. The number of nitrogens with one attached hydrogen (secondary N) is 1. The zero-order valence-corrected chi connectivity index (χ0v) is 17.7. The van der Waals surface area contributed by atoms with Gasteiger partial charge in [0, 0.05) is 24.8 Å². The summed E-state index contributed by atoms with van der Waals surface area (Å²) in [6, 6.07) is 16.2. The van der Waals surface area contributed by atoms with E-state index in [4.69, 9.17) is 5.26 Å². The first-order chi connectivity index (χ1) is 14.6. The van der Waals surface area contributed by atoms with Crippen LogP contribution >= 0.6 is 11.3 Å². The van der Waals surface area contributed by atoms with Crippen molar-refractivity contribution in [1.82, 2.24) is 15.2 Å². The van der Waals surface area contributed by atoms with Crippen molar-refractivity contribution in [1.29, 1.82) is 5.26 Å². The Morgan fingerprint density at radius 2 is 1.97 bits per heavy atom. The van der Waals surface area contributed by atoms with Gasteiger partial charge in [-0.25, -0.2) is 9.78 Å². The molecule has 3 heterocycles. The van der Waals surface area contributed by atoms with Crippen molar-refractivity contribution >= 4 is 33.3 Å². The third kappa shape index (κ3) is 3.32. The molecular formula is C23H23N5OS. The van der Waals surface area contributed by atoms with E-state index in [0.29, 0.717) is 18.2 Å². The molecule has 0 saturated carbocycles. The molecule has 0 radical (unpaired) electrons. The van der Waals surface area contributed by atoms with Crippen LogP contribution in [0.15, 0.2) is 48.0 Å². The van der Waals surface area contributed by atoms with Crippen LogP contribution < -0.4 is 10.2 Å². The van der Waals surface area contributed by atoms with Crippen LogP contribution in [0.1, 0.15) is 36.9 Å². The van der Waals surface area contributed by atoms with E-state index in [1.165, 1.54) is 10.3 Å². The Labute approximate surface area is 179 Å². The number of hydrogen-bond acceptors (Lipinski definition) is 5. The van der Waals surface area contributed by atoms with Gasteiger partial charge in [0.25, 0.3) is 0 Å². The number of piperidine rings is 1. The molecule has 0 unspecified atom stereocenters. The van der Waals surface area contributed by atoms with Gasteiger partial charge in [-0.1, -0.05) is 6.07 Å². The molecule has 7 heteroatoms. The average molecular weight is 418 g/mol. The third-order valence-corrected chi connectivity index (χ3v) is 7.34. The highest BCUT2D eigenvalue weighted by Crippen LogP contribution is 2.34. The topological polar surface area (TPSA) is 72.3 Å². The van der Waals surface area contributed by atoms with Crippen LogP contribution in [0.5, 0.6) is 0 Å². The molecule has 2 amide bonds. The monoisotopic (exact) mass is 417 g/mol. The molecule has 0 aliphatic carbocycles. The lowest BCUT2D eigenvalue weighted by Crippen LogP contribution is -2.52. The van der Waals surface area contributed by atoms with E-state index in [1.807, 2.05) is 17.6 Å². The minimum absolute atomic E-state index is 0.0461. The molecule has 3 aromatic rings. The number of anilines is 1. The van der Waals surface area contributed by atoms with Crippen LogP contribution in [0, 0.1) is 11.3 Å². The molecule has 2 saturated heterocycles. The highest BCUT2D eigenvalue weighted by atomic mass is 32.1. The fraction of sp³-hybridized carbons (Fsp3) is 0.348. The fourth-order valence-electron chi connectivity index (χ4n) is 4.60. The van der Waals surface area contributed by atoms with Crippen LogP contribution in [0.2, 0.25) is 0 Å². The maximum absolute atomic E-state index is 12.7.